The van der Waals surface area contributed by atoms with Crippen LogP contribution in [0.3, 0.4) is 0 Å². The van der Waals surface area contributed by atoms with Crippen molar-refractivity contribution >= 4 is 29.0 Å². The second kappa shape index (κ2) is 8.43. The van der Waals surface area contributed by atoms with Gasteiger partial charge in [-0.15, -0.1) is 0 Å². The molecule has 4 rings (SSSR count). The molecular weight excluding hydrogens is 423 g/mol. The fourth-order valence-electron chi connectivity index (χ4n) is 3.75. The first-order valence-electron chi connectivity index (χ1n) is 9.48. The lowest BCUT2D eigenvalue weighted by Gasteiger charge is -2.31. The van der Waals surface area contributed by atoms with E-state index in [0.29, 0.717) is 58.6 Å². The van der Waals surface area contributed by atoms with E-state index >= 15 is 0 Å². The van der Waals surface area contributed by atoms with Crippen LogP contribution in [-0.2, 0) is 16.1 Å². The van der Waals surface area contributed by atoms with Crippen LogP contribution in [0.1, 0.15) is 36.3 Å². The van der Waals surface area contributed by atoms with E-state index in [0.717, 1.165) is 5.56 Å². The van der Waals surface area contributed by atoms with E-state index in [1.807, 2.05) is 12.1 Å². The molecule has 1 aliphatic carbocycles. The number of nitrogens with two attached hydrogens (primary N) is 1. The number of nitrogens with zero attached hydrogens (tertiary/aromatic N) is 1. The van der Waals surface area contributed by atoms with Crippen LogP contribution >= 0.6 is 23.2 Å². The van der Waals surface area contributed by atoms with Crippen molar-refractivity contribution in [2.24, 2.45) is 5.73 Å². The van der Waals surface area contributed by atoms with Crippen LogP contribution in [0, 0.1) is 11.3 Å². The summed E-state index contributed by atoms with van der Waals surface area (Å²) >= 11 is 12.4. The maximum absolute atomic E-state index is 12.6. The Morgan fingerprint density at radius 1 is 1.17 bits per heavy atom. The van der Waals surface area contributed by atoms with Gasteiger partial charge in [0.1, 0.15) is 29.8 Å². The minimum Gasteiger partial charge on any atom is -0.487 e. The van der Waals surface area contributed by atoms with Gasteiger partial charge in [0.15, 0.2) is 5.78 Å². The molecule has 0 bridgehead atoms. The molecule has 30 heavy (non-hydrogen) atoms. The van der Waals surface area contributed by atoms with E-state index in [-0.39, 0.29) is 17.2 Å². The number of carbonyl (C=O) groups excluding carboxylic acids is 1. The number of carbonyl (C=O) groups is 1. The van der Waals surface area contributed by atoms with Crippen molar-refractivity contribution in [1.82, 2.24) is 0 Å². The van der Waals surface area contributed by atoms with Gasteiger partial charge in [-0.05, 0) is 41.8 Å². The molecule has 0 aromatic heterocycles. The number of benzene rings is 2. The van der Waals surface area contributed by atoms with Crippen molar-refractivity contribution in [3.8, 4) is 11.8 Å². The molecule has 0 fully saturated rings. The highest BCUT2D eigenvalue weighted by Gasteiger charge is 2.38. The maximum atomic E-state index is 12.6. The zero-order chi connectivity index (χ0) is 21.3. The van der Waals surface area contributed by atoms with Gasteiger partial charge >= 0.3 is 0 Å². The number of hydrogen-bond donors (Lipinski definition) is 1. The third-order valence-electron chi connectivity index (χ3n) is 5.20. The Morgan fingerprint density at radius 3 is 2.63 bits per heavy atom. The molecule has 2 aliphatic rings. The van der Waals surface area contributed by atoms with Crippen molar-refractivity contribution in [1.29, 1.82) is 5.26 Å². The molecule has 1 atom stereocenters. The van der Waals surface area contributed by atoms with E-state index in [1.54, 1.807) is 30.3 Å². The normalized spacial score (nSPS) is 18.6. The summed E-state index contributed by atoms with van der Waals surface area (Å²) in [5.74, 6) is 0.471. The number of ketones is 1. The molecule has 2 aromatic carbocycles. The molecule has 2 N–H and O–H groups in total. The Morgan fingerprint density at radius 2 is 1.93 bits per heavy atom. The fourth-order valence-corrected chi connectivity index (χ4v) is 4.11. The Kier molecular flexibility index (Phi) is 5.72. The summed E-state index contributed by atoms with van der Waals surface area (Å²) in [7, 11) is 0. The van der Waals surface area contributed by atoms with Crippen LogP contribution in [0.25, 0.3) is 0 Å². The molecule has 0 amide bonds. The largest absolute Gasteiger partial charge is 0.487 e. The number of hydrogen-bond acceptors (Lipinski definition) is 5. The summed E-state index contributed by atoms with van der Waals surface area (Å²) in [6.45, 7) is 0.331. The Labute approximate surface area is 184 Å². The van der Waals surface area contributed by atoms with Gasteiger partial charge in [-0.3, -0.25) is 4.79 Å². The predicted molar refractivity (Wildman–Crippen MR) is 114 cm³/mol. The van der Waals surface area contributed by atoms with Gasteiger partial charge in [-0.2, -0.15) is 5.26 Å². The average Bonchev–Trinajstić information content (AvgIpc) is 2.73. The van der Waals surface area contributed by atoms with Crippen molar-refractivity contribution in [2.45, 2.75) is 31.8 Å². The monoisotopic (exact) mass is 440 g/mol. The molecule has 5 nitrogen and oxygen atoms in total. The van der Waals surface area contributed by atoms with Crippen molar-refractivity contribution < 1.29 is 14.3 Å². The SMILES string of the molecule is N#CC1=C(N)OC2=C(C(=O)CCC2)[C@H]1c1ccc(OCc2ccc(Cl)cc2)c(Cl)c1. The molecule has 0 saturated carbocycles. The number of ether oxygens (including phenoxy) is 2. The van der Waals surface area contributed by atoms with Crippen molar-refractivity contribution in [2.75, 3.05) is 0 Å². The standard InChI is InChI=1S/C23H18Cl2N2O3/c24-15-7-4-13(5-8-15)12-29-19-9-6-14(10-17(19)25)21-16(11-26)23(27)30-20-3-1-2-18(28)22(20)21/h4-10,21H,1-3,12,27H2/t21-/m0/s1. The second-order valence-electron chi connectivity index (χ2n) is 7.14. The van der Waals surface area contributed by atoms with E-state index in [4.69, 9.17) is 38.4 Å². The van der Waals surface area contributed by atoms with Crippen molar-refractivity contribution in [3.63, 3.8) is 0 Å². The summed E-state index contributed by atoms with van der Waals surface area (Å²) in [5, 5.41) is 10.7. The Bertz CT molecular complexity index is 1110. The van der Waals surface area contributed by atoms with Gasteiger partial charge in [0, 0.05) is 23.4 Å². The Balaban J connectivity index is 1.64. The molecule has 0 radical (unpaired) electrons. The van der Waals surface area contributed by atoms with Crippen LogP contribution in [0.5, 0.6) is 5.75 Å². The van der Waals surface area contributed by atoms with E-state index in [2.05, 4.69) is 6.07 Å². The summed E-state index contributed by atoms with van der Waals surface area (Å²) < 4.78 is 11.4. The zero-order valence-corrected chi connectivity index (χ0v) is 17.5. The van der Waals surface area contributed by atoms with Crippen LogP contribution in [-0.4, -0.2) is 5.78 Å². The molecule has 152 valence electrons. The number of allylic oxidation sites excluding steroid dienone is 3. The first-order valence-corrected chi connectivity index (χ1v) is 10.2. The summed E-state index contributed by atoms with van der Waals surface area (Å²) in [5.41, 5.74) is 8.35. The molecule has 2 aromatic rings. The third kappa shape index (κ3) is 3.89. The quantitative estimate of drug-likeness (QED) is 0.688. The molecule has 0 spiro atoms. The van der Waals surface area contributed by atoms with Gasteiger partial charge in [0.05, 0.1) is 10.9 Å². The molecule has 1 heterocycles. The minimum atomic E-state index is -0.589. The second-order valence-corrected chi connectivity index (χ2v) is 7.99. The summed E-state index contributed by atoms with van der Waals surface area (Å²) in [6, 6.07) is 14.7. The lowest BCUT2D eigenvalue weighted by molar-refractivity contribution is -0.116. The maximum Gasteiger partial charge on any atom is 0.205 e. The molecule has 7 heteroatoms. The van der Waals surface area contributed by atoms with E-state index in [9.17, 15) is 10.1 Å². The highest BCUT2D eigenvalue weighted by Crippen LogP contribution is 2.44. The van der Waals surface area contributed by atoms with Gasteiger partial charge in [-0.1, -0.05) is 41.4 Å². The smallest absolute Gasteiger partial charge is 0.205 e. The predicted octanol–water partition coefficient (Wildman–Crippen LogP) is 5.39. The molecular formula is C23H18Cl2N2O3. The number of halogens is 2. The molecule has 1 aliphatic heterocycles. The first-order chi connectivity index (χ1) is 14.5. The topological polar surface area (TPSA) is 85.3 Å². The number of Topliss-reactive ketones (excluding diaryl/α,β-unsaturated/α-hetero) is 1. The number of nitriles is 1. The molecule has 0 unspecified atom stereocenters. The molecule has 0 saturated heterocycles. The Hall–Kier alpha value is -2.94. The van der Waals surface area contributed by atoms with Gasteiger partial charge in [0.2, 0.25) is 5.88 Å². The minimum absolute atomic E-state index is 0.0271. The van der Waals surface area contributed by atoms with Crippen molar-refractivity contribution in [3.05, 3.63) is 86.4 Å². The highest BCUT2D eigenvalue weighted by atomic mass is 35.5. The lowest BCUT2D eigenvalue weighted by Crippen LogP contribution is -2.27. The van der Waals surface area contributed by atoms with Crippen LogP contribution in [0.15, 0.2) is 65.3 Å². The van der Waals surface area contributed by atoms with Gasteiger partial charge < -0.3 is 15.2 Å². The van der Waals surface area contributed by atoms with E-state index < -0.39 is 5.92 Å². The summed E-state index contributed by atoms with van der Waals surface area (Å²) in [4.78, 5) is 12.6. The van der Waals surface area contributed by atoms with Crippen LogP contribution < -0.4 is 10.5 Å². The van der Waals surface area contributed by atoms with Gasteiger partial charge in [-0.25, -0.2) is 0 Å². The third-order valence-corrected chi connectivity index (χ3v) is 5.75. The number of rotatable bonds is 4. The van der Waals surface area contributed by atoms with Gasteiger partial charge in [0.25, 0.3) is 0 Å². The van der Waals surface area contributed by atoms with Crippen LogP contribution in [0.4, 0.5) is 0 Å². The first kappa shape index (κ1) is 20.3. The zero-order valence-electron chi connectivity index (χ0n) is 16.0. The highest BCUT2D eigenvalue weighted by molar-refractivity contribution is 6.32. The lowest BCUT2D eigenvalue weighted by atomic mass is 9.77. The fraction of sp³-hybridized carbons (Fsp3) is 0.217. The average molecular weight is 441 g/mol. The summed E-state index contributed by atoms with van der Waals surface area (Å²) in [6.07, 6.45) is 1.75. The van der Waals surface area contributed by atoms with Crippen LogP contribution in [0.2, 0.25) is 10.0 Å². The van der Waals surface area contributed by atoms with E-state index in [1.165, 1.54) is 0 Å².